The van der Waals surface area contributed by atoms with Crippen LogP contribution in [0.3, 0.4) is 0 Å². The minimum absolute atomic E-state index is 0.0994. The van der Waals surface area contributed by atoms with Gasteiger partial charge in [0.1, 0.15) is 17.7 Å². The third-order valence-corrected chi connectivity index (χ3v) is 7.76. The van der Waals surface area contributed by atoms with E-state index in [0.29, 0.717) is 5.89 Å². The van der Waals surface area contributed by atoms with Crippen LogP contribution in [0.1, 0.15) is 55.0 Å². The van der Waals surface area contributed by atoms with Crippen LogP contribution in [0.15, 0.2) is 45.8 Å². The summed E-state index contributed by atoms with van der Waals surface area (Å²) in [6, 6.07) is 5.61. The van der Waals surface area contributed by atoms with Gasteiger partial charge >= 0.3 is 5.97 Å². The van der Waals surface area contributed by atoms with Gasteiger partial charge in [0.2, 0.25) is 21.7 Å². The molecule has 1 heterocycles. The quantitative estimate of drug-likeness (QED) is 0.467. The zero-order valence-corrected chi connectivity index (χ0v) is 19.8. The number of carbonyl (C=O) groups is 1. The fourth-order valence-electron chi connectivity index (χ4n) is 4.26. The van der Waals surface area contributed by atoms with Gasteiger partial charge in [-0.25, -0.2) is 17.2 Å². The summed E-state index contributed by atoms with van der Waals surface area (Å²) < 4.78 is 61.3. The second kappa shape index (κ2) is 10.2. The van der Waals surface area contributed by atoms with Gasteiger partial charge in [0, 0.05) is 5.92 Å². The molecule has 0 spiro atoms. The molecule has 1 unspecified atom stereocenters. The van der Waals surface area contributed by atoms with E-state index >= 15 is 0 Å². The molecule has 1 aliphatic rings. The summed E-state index contributed by atoms with van der Waals surface area (Å²) in [5, 5.41) is 13.5. The Bertz CT molecular complexity index is 1340. The number of nitrogens with one attached hydrogen (secondary N) is 1. The molecule has 11 heteroatoms. The average Bonchev–Trinajstić information content (AvgIpc) is 3.30. The lowest BCUT2D eigenvalue weighted by Gasteiger charge is -2.17. The molecule has 1 aliphatic carbocycles. The Hall–Kier alpha value is -3.18. The van der Waals surface area contributed by atoms with Gasteiger partial charge in [0.05, 0.1) is 10.5 Å². The molecule has 3 aromatic rings. The standard InChI is InChI=1S/C24H25F2N3O5S/c1-14-7-9-17(25)13-21(14)35(32,33)29-20(24(30)31)12-15-8-10-18(19(26)11-15)22-27-23(34-28-22)16-5-3-2-4-6-16/h7-11,13,16,20,29H,2-6,12H2,1H3,(H,30,31). The third kappa shape index (κ3) is 5.73. The van der Waals surface area contributed by atoms with Crippen molar-refractivity contribution in [1.29, 1.82) is 0 Å². The van der Waals surface area contributed by atoms with Crippen LogP contribution in [0.4, 0.5) is 8.78 Å². The number of benzene rings is 2. The van der Waals surface area contributed by atoms with E-state index in [0.717, 1.165) is 43.9 Å². The van der Waals surface area contributed by atoms with Crippen molar-refractivity contribution in [3.05, 3.63) is 65.1 Å². The number of aliphatic carboxylic acids is 1. The van der Waals surface area contributed by atoms with Crippen LogP contribution in [0.2, 0.25) is 0 Å². The monoisotopic (exact) mass is 505 g/mol. The van der Waals surface area contributed by atoms with E-state index in [9.17, 15) is 27.1 Å². The first-order chi connectivity index (χ1) is 16.6. The number of halogens is 2. The number of hydrogen-bond acceptors (Lipinski definition) is 6. The van der Waals surface area contributed by atoms with Gasteiger partial charge in [-0.05, 0) is 61.6 Å². The maximum absolute atomic E-state index is 14.9. The minimum atomic E-state index is -4.34. The van der Waals surface area contributed by atoms with E-state index in [-0.39, 0.29) is 39.7 Å². The van der Waals surface area contributed by atoms with Gasteiger partial charge in [-0.2, -0.15) is 9.71 Å². The molecule has 0 amide bonds. The van der Waals surface area contributed by atoms with E-state index in [1.807, 2.05) is 0 Å². The number of rotatable bonds is 8. The summed E-state index contributed by atoms with van der Waals surface area (Å²) >= 11 is 0. The zero-order valence-electron chi connectivity index (χ0n) is 19.0. The van der Waals surface area contributed by atoms with Crippen molar-refractivity contribution in [1.82, 2.24) is 14.9 Å². The lowest BCUT2D eigenvalue weighted by Crippen LogP contribution is -2.42. The maximum atomic E-state index is 14.9. The number of sulfonamides is 1. The molecule has 1 fully saturated rings. The highest BCUT2D eigenvalue weighted by Gasteiger charge is 2.28. The Morgan fingerprint density at radius 3 is 2.60 bits per heavy atom. The summed E-state index contributed by atoms with van der Waals surface area (Å²) in [5.41, 5.74) is 0.599. The molecule has 8 nitrogen and oxygen atoms in total. The van der Waals surface area contributed by atoms with Crippen molar-refractivity contribution >= 4 is 16.0 Å². The maximum Gasteiger partial charge on any atom is 0.322 e. The minimum Gasteiger partial charge on any atom is -0.480 e. The highest BCUT2D eigenvalue weighted by Crippen LogP contribution is 2.33. The fourth-order valence-corrected chi connectivity index (χ4v) is 5.70. The Balaban J connectivity index is 1.52. The van der Waals surface area contributed by atoms with Gasteiger partial charge < -0.3 is 9.63 Å². The van der Waals surface area contributed by atoms with Crippen molar-refractivity contribution < 1.29 is 31.6 Å². The van der Waals surface area contributed by atoms with Crippen molar-refractivity contribution in [2.45, 2.75) is 62.3 Å². The number of nitrogens with zero attached hydrogens (tertiary/aromatic N) is 2. The number of hydrogen-bond donors (Lipinski definition) is 2. The number of aryl methyl sites for hydroxylation is 1. The van der Waals surface area contributed by atoms with Gasteiger partial charge in [-0.15, -0.1) is 0 Å². The van der Waals surface area contributed by atoms with Crippen LogP contribution in [-0.2, 0) is 21.2 Å². The largest absolute Gasteiger partial charge is 0.480 e. The second-order valence-corrected chi connectivity index (χ2v) is 10.4. The molecule has 2 N–H and O–H groups in total. The average molecular weight is 506 g/mol. The molecular weight excluding hydrogens is 480 g/mol. The Morgan fingerprint density at radius 2 is 1.91 bits per heavy atom. The summed E-state index contributed by atoms with van der Waals surface area (Å²) in [5.74, 6) is -2.16. The van der Waals surface area contributed by atoms with E-state index in [2.05, 4.69) is 14.9 Å². The van der Waals surface area contributed by atoms with Crippen LogP contribution in [0, 0.1) is 18.6 Å². The molecule has 0 bridgehead atoms. The highest BCUT2D eigenvalue weighted by molar-refractivity contribution is 7.89. The molecule has 186 valence electrons. The molecule has 1 atom stereocenters. The number of carboxylic acid groups (broad SMARTS) is 1. The lowest BCUT2D eigenvalue weighted by atomic mass is 9.89. The van der Waals surface area contributed by atoms with E-state index < -0.39 is 33.7 Å². The normalized spacial score (nSPS) is 15.7. The van der Waals surface area contributed by atoms with E-state index in [1.165, 1.54) is 31.5 Å². The Morgan fingerprint density at radius 1 is 1.17 bits per heavy atom. The van der Waals surface area contributed by atoms with Crippen LogP contribution in [0.25, 0.3) is 11.4 Å². The SMILES string of the molecule is Cc1ccc(F)cc1S(=O)(=O)NC(Cc1ccc(-c2noc(C3CCCCC3)n2)c(F)c1)C(=O)O. The van der Waals surface area contributed by atoms with Crippen LogP contribution < -0.4 is 4.72 Å². The topological polar surface area (TPSA) is 122 Å². The number of carboxylic acids is 1. The Kier molecular flexibility index (Phi) is 7.27. The summed E-state index contributed by atoms with van der Waals surface area (Å²) in [6.07, 6.45) is 4.90. The van der Waals surface area contributed by atoms with Crippen molar-refractivity contribution in [3.63, 3.8) is 0 Å². The first-order valence-corrected chi connectivity index (χ1v) is 12.8. The Labute approximate surface area is 201 Å². The van der Waals surface area contributed by atoms with E-state index in [4.69, 9.17) is 4.52 Å². The molecule has 0 saturated heterocycles. The van der Waals surface area contributed by atoms with Gasteiger partial charge in [-0.3, -0.25) is 4.79 Å². The van der Waals surface area contributed by atoms with Gasteiger partial charge in [0.15, 0.2) is 0 Å². The molecule has 4 rings (SSSR count). The third-order valence-electron chi connectivity index (χ3n) is 6.15. The highest BCUT2D eigenvalue weighted by atomic mass is 32.2. The molecule has 0 radical (unpaired) electrons. The van der Waals surface area contributed by atoms with Crippen molar-refractivity contribution in [2.75, 3.05) is 0 Å². The molecular formula is C24H25F2N3O5S. The van der Waals surface area contributed by atoms with Crippen LogP contribution in [-0.4, -0.2) is 35.7 Å². The molecule has 2 aromatic carbocycles. The zero-order chi connectivity index (χ0) is 25.2. The first kappa shape index (κ1) is 24.9. The predicted molar refractivity (Wildman–Crippen MR) is 122 cm³/mol. The fraction of sp³-hybridized carbons (Fsp3) is 0.375. The molecule has 1 saturated carbocycles. The number of aromatic nitrogens is 2. The summed E-state index contributed by atoms with van der Waals surface area (Å²) in [4.78, 5) is 15.7. The summed E-state index contributed by atoms with van der Waals surface area (Å²) in [6.45, 7) is 1.47. The lowest BCUT2D eigenvalue weighted by molar-refractivity contribution is -0.138. The van der Waals surface area contributed by atoms with E-state index in [1.54, 1.807) is 0 Å². The van der Waals surface area contributed by atoms with Crippen LogP contribution >= 0.6 is 0 Å². The van der Waals surface area contributed by atoms with Gasteiger partial charge in [0.25, 0.3) is 0 Å². The van der Waals surface area contributed by atoms with Crippen LogP contribution in [0.5, 0.6) is 0 Å². The smallest absolute Gasteiger partial charge is 0.322 e. The predicted octanol–water partition coefficient (Wildman–Crippen LogP) is 4.35. The summed E-state index contributed by atoms with van der Waals surface area (Å²) in [7, 11) is -4.34. The molecule has 0 aliphatic heterocycles. The molecule has 35 heavy (non-hydrogen) atoms. The molecule has 1 aromatic heterocycles. The van der Waals surface area contributed by atoms with Crippen molar-refractivity contribution in [2.24, 2.45) is 0 Å². The first-order valence-electron chi connectivity index (χ1n) is 11.3. The second-order valence-electron chi connectivity index (χ2n) is 8.73. The van der Waals surface area contributed by atoms with Crippen molar-refractivity contribution in [3.8, 4) is 11.4 Å². The van der Waals surface area contributed by atoms with Gasteiger partial charge in [-0.1, -0.05) is 36.6 Å².